The molecule has 0 saturated carbocycles. The summed E-state index contributed by atoms with van der Waals surface area (Å²) in [5.74, 6) is 0.0305. The van der Waals surface area contributed by atoms with Gasteiger partial charge in [0, 0.05) is 15.1 Å². The van der Waals surface area contributed by atoms with Crippen molar-refractivity contribution in [3.63, 3.8) is 0 Å². The summed E-state index contributed by atoms with van der Waals surface area (Å²) < 4.78 is 1.04. The van der Waals surface area contributed by atoms with Crippen molar-refractivity contribution in [2.45, 2.75) is 37.8 Å². The van der Waals surface area contributed by atoms with Crippen LogP contribution in [0.3, 0.4) is 0 Å². The lowest BCUT2D eigenvalue weighted by Gasteiger charge is -2.16. The minimum Gasteiger partial charge on any atom is -0.325 e. The van der Waals surface area contributed by atoms with Gasteiger partial charge in [-0.05, 0) is 63.1 Å². The lowest BCUT2D eigenvalue weighted by Crippen LogP contribution is -2.23. The van der Waals surface area contributed by atoms with Gasteiger partial charge >= 0.3 is 0 Å². The van der Waals surface area contributed by atoms with Crippen LogP contribution in [0.15, 0.2) is 45.8 Å². The van der Waals surface area contributed by atoms with Gasteiger partial charge in [0.2, 0.25) is 5.91 Å². The Labute approximate surface area is 144 Å². The normalized spacial score (nSPS) is 12.0. The second-order valence-electron chi connectivity index (χ2n) is 5.48. The van der Waals surface area contributed by atoms with Crippen molar-refractivity contribution in [3.8, 4) is 0 Å². The molecule has 1 amide bonds. The van der Waals surface area contributed by atoms with Crippen molar-refractivity contribution in [1.29, 1.82) is 0 Å². The number of amides is 1. The standard InChI is InChI=1S/C18H20BrNOS/c1-11-9-12(2)17(13(3)10-11)20-18(21)14(4)22-16-7-5-15(19)6-8-16/h5-10,14H,1-4H3,(H,20,21)/t14-/m0/s1. The van der Waals surface area contributed by atoms with Gasteiger partial charge in [-0.15, -0.1) is 11.8 Å². The molecule has 0 aliphatic heterocycles. The maximum Gasteiger partial charge on any atom is 0.237 e. The van der Waals surface area contributed by atoms with E-state index in [0.717, 1.165) is 26.2 Å². The van der Waals surface area contributed by atoms with Crippen LogP contribution in [0.4, 0.5) is 5.69 Å². The summed E-state index contributed by atoms with van der Waals surface area (Å²) in [5.41, 5.74) is 4.35. The molecular weight excluding hydrogens is 358 g/mol. The number of rotatable bonds is 4. The predicted molar refractivity (Wildman–Crippen MR) is 98.7 cm³/mol. The molecule has 1 N–H and O–H groups in total. The summed E-state index contributed by atoms with van der Waals surface area (Å²) in [6, 6.07) is 12.2. The van der Waals surface area contributed by atoms with Crippen LogP contribution in [0.2, 0.25) is 0 Å². The molecule has 0 unspecified atom stereocenters. The molecule has 2 rings (SSSR count). The van der Waals surface area contributed by atoms with Gasteiger partial charge in [0.05, 0.1) is 5.25 Å². The molecule has 0 fully saturated rings. The highest BCUT2D eigenvalue weighted by Crippen LogP contribution is 2.27. The summed E-state index contributed by atoms with van der Waals surface area (Å²) in [6.45, 7) is 8.06. The van der Waals surface area contributed by atoms with Gasteiger partial charge in [0.1, 0.15) is 0 Å². The molecule has 0 heterocycles. The molecule has 0 aliphatic carbocycles. The number of carbonyl (C=O) groups is 1. The highest BCUT2D eigenvalue weighted by atomic mass is 79.9. The Morgan fingerprint density at radius 3 is 2.18 bits per heavy atom. The average Bonchev–Trinajstić information content (AvgIpc) is 2.45. The van der Waals surface area contributed by atoms with Gasteiger partial charge in [-0.25, -0.2) is 0 Å². The Kier molecular flexibility index (Phi) is 5.70. The van der Waals surface area contributed by atoms with Crippen molar-refractivity contribution in [2.75, 3.05) is 5.32 Å². The lowest BCUT2D eigenvalue weighted by molar-refractivity contribution is -0.115. The number of aryl methyl sites for hydroxylation is 3. The molecule has 0 radical (unpaired) electrons. The summed E-state index contributed by atoms with van der Waals surface area (Å²) in [4.78, 5) is 13.5. The number of hydrogen-bond donors (Lipinski definition) is 1. The van der Waals surface area contributed by atoms with Crippen molar-refractivity contribution in [1.82, 2.24) is 0 Å². The molecular formula is C18H20BrNOS. The molecule has 0 spiro atoms. The summed E-state index contributed by atoms with van der Waals surface area (Å²) >= 11 is 4.98. The Morgan fingerprint density at radius 2 is 1.64 bits per heavy atom. The fourth-order valence-corrected chi connectivity index (χ4v) is 3.50. The van der Waals surface area contributed by atoms with Crippen molar-refractivity contribution < 1.29 is 4.79 Å². The molecule has 116 valence electrons. The van der Waals surface area contributed by atoms with E-state index in [4.69, 9.17) is 0 Å². The van der Waals surface area contributed by atoms with Crippen LogP contribution in [0.25, 0.3) is 0 Å². The Hall–Kier alpha value is -1.26. The maximum atomic E-state index is 12.4. The predicted octanol–water partition coefficient (Wildman–Crippen LogP) is 5.49. The van der Waals surface area contributed by atoms with Gasteiger partial charge in [-0.2, -0.15) is 0 Å². The van der Waals surface area contributed by atoms with Gasteiger partial charge < -0.3 is 5.32 Å². The van der Waals surface area contributed by atoms with Crippen molar-refractivity contribution in [3.05, 3.63) is 57.6 Å². The Balaban J connectivity index is 2.07. The molecule has 22 heavy (non-hydrogen) atoms. The largest absolute Gasteiger partial charge is 0.325 e. The summed E-state index contributed by atoms with van der Waals surface area (Å²) in [5, 5.41) is 2.92. The van der Waals surface area contributed by atoms with E-state index in [-0.39, 0.29) is 11.2 Å². The quantitative estimate of drug-likeness (QED) is 0.713. The van der Waals surface area contributed by atoms with Crippen molar-refractivity contribution in [2.24, 2.45) is 0 Å². The highest BCUT2D eigenvalue weighted by Gasteiger charge is 2.16. The monoisotopic (exact) mass is 377 g/mol. The van der Waals surface area contributed by atoms with Crippen LogP contribution in [0, 0.1) is 20.8 Å². The summed E-state index contributed by atoms with van der Waals surface area (Å²) in [6.07, 6.45) is 0. The van der Waals surface area contributed by atoms with Crippen LogP contribution in [-0.2, 0) is 4.79 Å². The maximum absolute atomic E-state index is 12.4. The number of nitrogens with one attached hydrogen (secondary N) is 1. The first-order chi connectivity index (χ1) is 10.4. The average molecular weight is 378 g/mol. The topological polar surface area (TPSA) is 29.1 Å². The smallest absolute Gasteiger partial charge is 0.237 e. The molecule has 2 aromatic rings. The molecule has 0 saturated heterocycles. The zero-order chi connectivity index (χ0) is 16.3. The lowest BCUT2D eigenvalue weighted by atomic mass is 10.1. The second-order valence-corrected chi connectivity index (χ2v) is 7.81. The zero-order valence-corrected chi connectivity index (χ0v) is 15.6. The molecule has 0 aliphatic rings. The van der Waals surface area contributed by atoms with Gasteiger partial charge in [0.15, 0.2) is 0 Å². The van der Waals surface area contributed by atoms with E-state index in [1.807, 2.05) is 45.0 Å². The third kappa shape index (κ3) is 4.37. The number of halogens is 1. The molecule has 2 aromatic carbocycles. The van der Waals surface area contributed by atoms with E-state index in [1.165, 1.54) is 5.56 Å². The number of hydrogen-bond acceptors (Lipinski definition) is 2. The fraction of sp³-hybridized carbons (Fsp3) is 0.278. The van der Waals surface area contributed by atoms with Gasteiger partial charge in [-0.1, -0.05) is 33.6 Å². The van der Waals surface area contributed by atoms with Crippen LogP contribution < -0.4 is 5.32 Å². The van der Waals surface area contributed by atoms with Crippen LogP contribution in [-0.4, -0.2) is 11.2 Å². The SMILES string of the molecule is Cc1cc(C)c(NC(=O)[C@H](C)Sc2ccc(Br)cc2)c(C)c1. The van der Waals surface area contributed by atoms with Gasteiger partial charge in [-0.3, -0.25) is 4.79 Å². The zero-order valence-electron chi connectivity index (χ0n) is 13.2. The van der Waals surface area contributed by atoms with Gasteiger partial charge in [0.25, 0.3) is 0 Å². The van der Waals surface area contributed by atoms with E-state index >= 15 is 0 Å². The van der Waals surface area contributed by atoms with Crippen LogP contribution in [0.1, 0.15) is 23.6 Å². The molecule has 0 aromatic heterocycles. The molecule has 0 bridgehead atoms. The Bertz CT molecular complexity index is 659. The third-order valence-electron chi connectivity index (χ3n) is 3.42. The van der Waals surface area contributed by atoms with E-state index in [9.17, 15) is 4.79 Å². The summed E-state index contributed by atoms with van der Waals surface area (Å²) in [7, 11) is 0. The van der Waals surface area contributed by atoms with Crippen LogP contribution in [0.5, 0.6) is 0 Å². The first-order valence-electron chi connectivity index (χ1n) is 7.18. The van der Waals surface area contributed by atoms with E-state index < -0.39 is 0 Å². The molecule has 2 nitrogen and oxygen atoms in total. The highest BCUT2D eigenvalue weighted by molar-refractivity contribution is 9.10. The first kappa shape index (κ1) is 17.1. The third-order valence-corrected chi connectivity index (χ3v) is 5.06. The van der Waals surface area contributed by atoms with Crippen molar-refractivity contribution >= 4 is 39.3 Å². The minimum atomic E-state index is -0.152. The fourth-order valence-electron chi connectivity index (χ4n) is 2.37. The number of carbonyl (C=O) groups excluding carboxylic acids is 1. The molecule has 4 heteroatoms. The first-order valence-corrected chi connectivity index (χ1v) is 8.85. The van der Waals surface area contributed by atoms with E-state index in [0.29, 0.717) is 0 Å². The van der Waals surface area contributed by atoms with E-state index in [2.05, 4.69) is 40.3 Å². The minimum absolute atomic E-state index is 0.0305. The number of benzene rings is 2. The van der Waals surface area contributed by atoms with E-state index in [1.54, 1.807) is 11.8 Å². The number of thioether (sulfide) groups is 1. The second kappa shape index (κ2) is 7.34. The number of anilines is 1. The Morgan fingerprint density at radius 1 is 1.09 bits per heavy atom. The van der Waals surface area contributed by atoms with Crippen LogP contribution >= 0.6 is 27.7 Å². The molecule has 1 atom stereocenters.